The number of ether oxygens (including phenoxy) is 4. The van der Waals surface area contributed by atoms with E-state index in [4.69, 9.17) is 18.9 Å². The Hall–Kier alpha value is -2.48. The minimum Gasteiger partial charge on any atom is -0.497 e. The van der Waals surface area contributed by atoms with Crippen LogP contribution in [0.5, 0.6) is 11.5 Å². The largest absolute Gasteiger partial charge is 0.497 e. The van der Waals surface area contributed by atoms with Crippen LogP contribution < -0.4 is 9.47 Å². The van der Waals surface area contributed by atoms with Gasteiger partial charge in [-0.15, -0.1) is 0 Å². The Morgan fingerprint density at radius 2 is 1.81 bits per heavy atom. The van der Waals surface area contributed by atoms with Crippen LogP contribution in [0.3, 0.4) is 0 Å². The molecule has 8 nitrogen and oxygen atoms in total. The average Bonchev–Trinajstić information content (AvgIpc) is 3.52. The van der Waals surface area contributed by atoms with Crippen molar-refractivity contribution in [3.05, 3.63) is 23.8 Å². The number of nitrogens with zero attached hydrogens (tertiary/aromatic N) is 2. The molecule has 0 radical (unpaired) electrons. The predicted molar refractivity (Wildman–Crippen MR) is 115 cm³/mol. The van der Waals surface area contributed by atoms with Crippen molar-refractivity contribution in [1.82, 2.24) is 9.80 Å². The SMILES string of the molecule is COC(=O)C(C1CN(C(=O)OC(C)(C)C)C1)N(Cc1ccc(OC)cc1OC)C1CC1. The van der Waals surface area contributed by atoms with E-state index < -0.39 is 11.6 Å². The molecule has 2 aliphatic rings. The van der Waals surface area contributed by atoms with Gasteiger partial charge in [0.05, 0.1) is 21.3 Å². The van der Waals surface area contributed by atoms with E-state index in [1.54, 1.807) is 19.1 Å². The Kier molecular flexibility index (Phi) is 6.99. The van der Waals surface area contributed by atoms with Gasteiger partial charge < -0.3 is 23.8 Å². The highest BCUT2D eigenvalue weighted by atomic mass is 16.6. The van der Waals surface area contributed by atoms with E-state index in [1.165, 1.54) is 7.11 Å². The second-order valence-corrected chi connectivity index (χ2v) is 9.19. The molecule has 0 aromatic heterocycles. The highest BCUT2D eigenvalue weighted by Crippen LogP contribution is 2.37. The lowest BCUT2D eigenvalue weighted by Gasteiger charge is -2.45. The van der Waals surface area contributed by atoms with E-state index in [1.807, 2.05) is 39.0 Å². The molecule has 1 heterocycles. The number of likely N-dealkylation sites (tertiary alicyclic amines) is 1. The van der Waals surface area contributed by atoms with Crippen molar-refractivity contribution >= 4 is 12.1 Å². The summed E-state index contributed by atoms with van der Waals surface area (Å²) in [6.07, 6.45) is 1.73. The van der Waals surface area contributed by atoms with Crippen LogP contribution >= 0.6 is 0 Å². The summed E-state index contributed by atoms with van der Waals surface area (Å²) in [7, 11) is 4.66. The number of methoxy groups -OCH3 is 3. The summed E-state index contributed by atoms with van der Waals surface area (Å²) in [6.45, 7) is 7.03. The van der Waals surface area contributed by atoms with Crippen molar-refractivity contribution in [1.29, 1.82) is 0 Å². The Bertz CT molecular complexity index is 796. The monoisotopic (exact) mass is 434 g/mol. The third kappa shape index (κ3) is 5.61. The van der Waals surface area contributed by atoms with Gasteiger partial charge in [-0.05, 0) is 39.7 Å². The standard InChI is InChI=1S/C23H34N2O6/c1-23(2,3)31-22(27)24-12-16(13-24)20(21(26)30-6)25(17-8-9-17)14-15-7-10-18(28-4)11-19(15)29-5/h7,10-11,16-17,20H,8-9,12-14H2,1-6H3. The van der Waals surface area contributed by atoms with Gasteiger partial charge >= 0.3 is 12.1 Å². The second kappa shape index (κ2) is 9.34. The molecular formula is C23H34N2O6. The lowest BCUT2D eigenvalue weighted by atomic mass is 9.90. The summed E-state index contributed by atoms with van der Waals surface area (Å²) in [5.41, 5.74) is 0.432. The van der Waals surface area contributed by atoms with E-state index in [2.05, 4.69) is 4.90 Å². The number of hydrogen-bond acceptors (Lipinski definition) is 7. The molecule has 1 atom stereocenters. The number of carbonyl (C=O) groups excluding carboxylic acids is 2. The molecule has 1 aromatic carbocycles. The summed E-state index contributed by atoms with van der Waals surface area (Å²) < 4.78 is 21.5. The maximum Gasteiger partial charge on any atom is 0.410 e. The molecule has 1 amide bonds. The first-order valence-electron chi connectivity index (χ1n) is 10.7. The van der Waals surface area contributed by atoms with E-state index >= 15 is 0 Å². The van der Waals surface area contributed by atoms with E-state index in [0.29, 0.717) is 25.7 Å². The van der Waals surface area contributed by atoms with Gasteiger partial charge in [0, 0.05) is 43.2 Å². The van der Waals surface area contributed by atoms with E-state index in [-0.39, 0.29) is 18.0 Å². The maximum absolute atomic E-state index is 12.8. The normalized spacial score (nSPS) is 17.7. The van der Waals surface area contributed by atoms with Crippen LogP contribution in [0.15, 0.2) is 18.2 Å². The zero-order chi connectivity index (χ0) is 22.8. The Morgan fingerprint density at radius 3 is 2.32 bits per heavy atom. The first kappa shape index (κ1) is 23.2. The Labute approximate surface area is 184 Å². The number of rotatable bonds is 8. The molecule has 1 aliphatic carbocycles. The molecule has 1 unspecified atom stereocenters. The summed E-state index contributed by atoms with van der Waals surface area (Å²) in [5.74, 6) is 1.16. The summed E-state index contributed by atoms with van der Waals surface area (Å²) >= 11 is 0. The number of carbonyl (C=O) groups is 2. The lowest BCUT2D eigenvalue weighted by molar-refractivity contribution is -0.153. The van der Waals surface area contributed by atoms with Crippen LogP contribution in [-0.4, -0.2) is 74.0 Å². The van der Waals surface area contributed by atoms with E-state index in [9.17, 15) is 9.59 Å². The molecule has 172 valence electrons. The van der Waals surface area contributed by atoms with Crippen molar-refractivity contribution in [3.63, 3.8) is 0 Å². The lowest BCUT2D eigenvalue weighted by Crippen LogP contribution is -2.61. The van der Waals surface area contributed by atoms with Gasteiger partial charge in [-0.2, -0.15) is 0 Å². The molecule has 31 heavy (non-hydrogen) atoms. The summed E-state index contributed by atoms with van der Waals surface area (Å²) in [4.78, 5) is 29.0. The molecule has 0 bridgehead atoms. The fourth-order valence-corrected chi connectivity index (χ4v) is 3.95. The smallest absolute Gasteiger partial charge is 0.410 e. The van der Waals surface area contributed by atoms with Crippen LogP contribution in [0.25, 0.3) is 0 Å². The van der Waals surface area contributed by atoms with Crippen LogP contribution in [-0.2, 0) is 20.8 Å². The van der Waals surface area contributed by atoms with E-state index in [0.717, 1.165) is 29.9 Å². The first-order valence-corrected chi connectivity index (χ1v) is 10.7. The number of amides is 1. The molecule has 0 N–H and O–H groups in total. The molecule has 3 rings (SSSR count). The number of benzene rings is 1. The van der Waals surface area contributed by atoms with Gasteiger partial charge in [-0.25, -0.2) is 4.79 Å². The summed E-state index contributed by atoms with van der Waals surface area (Å²) in [6, 6.07) is 5.59. The fraction of sp³-hybridized carbons (Fsp3) is 0.652. The van der Waals surface area contributed by atoms with Crippen LogP contribution in [0.4, 0.5) is 4.79 Å². The molecular weight excluding hydrogens is 400 g/mol. The highest BCUT2D eigenvalue weighted by molar-refractivity contribution is 5.77. The Morgan fingerprint density at radius 1 is 1.13 bits per heavy atom. The molecule has 2 fully saturated rings. The van der Waals surface area contributed by atoms with Crippen LogP contribution in [0.2, 0.25) is 0 Å². The molecule has 1 saturated carbocycles. The van der Waals surface area contributed by atoms with Crippen LogP contribution in [0, 0.1) is 5.92 Å². The molecule has 8 heteroatoms. The summed E-state index contributed by atoms with van der Waals surface area (Å²) in [5, 5.41) is 0. The molecule has 1 aromatic rings. The molecule has 1 saturated heterocycles. The van der Waals surface area contributed by atoms with Crippen molar-refractivity contribution in [2.75, 3.05) is 34.4 Å². The average molecular weight is 435 g/mol. The van der Waals surface area contributed by atoms with Gasteiger partial charge in [0.15, 0.2) is 0 Å². The van der Waals surface area contributed by atoms with Crippen molar-refractivity contribution < 1.29 is 28.5 Å². The van der Waals surface area contributed by atoms with Crippen molar-refractivity contribution in [3.8, 4) is 11.5 Å². The Balaban J connectivity index is 1.76. The van der Waals surface area contributed by atoms with Gasteiger partial charge in [0.1, 0.15) is 23.1 Å². The zero-order valence-corrected chi connectivity index (χ0v) is 19.3. The van der Waals surface area contributed by atoms with Gasteiger partial charge in [-0.3, -0.25) is 9.69 Å². The fourth-order valence-electron chi connectivity index (χ4n) is 3.95. The second-order valence-electron chi connectivity index (χ2n) is 9.19. The number of esters is 1. The predicted octanol–water partition coefficient (Wildman–Crippen LogP) is 3.08. The minimum absolute atomic E-state index is 0.00943. The quantitative estimate of drug-likeness (QED) is 0.582. The minimum atomic E-state index is -0.547. The van der Waals surface area contributed by atoms with Gasteiger partial charge in [-0.1, -0.05) is 6.07 Å². The topological polar surface area (TPSA) is 77.5 Å². The van der Waals surface area contributed by atoms with Crippen molar-refractivity contribution in [2.45, 2.75) is 57.8 Å². The first-order chi connectivity index (χ1) is 14.7. The third-order valence-corrected chi connectivity index (χ3v) is 5.67. The molecule has 1 aliphatic heterocycles. The van der Waals surface area contributed by atoms with Gasteiger partial charge in [0.25, 0.3) is 0 Å². The number of hydrogen-bond donors (Lipinski definition) is 0. The highest BCUT2D eigenvalue weighted by Gasteiger charge is 2.48. The van der Waals surface area contributed by atoms with Crippen molar-refractivity contribution in [2.24, 2.45) is 5.92 Å². The van der Waals surface area contributed by atoms with Crippen LogP contribution in [0.1, 0.15) is 39.2 Å². The zero-order valence-electron chi connectivity index (χ0n) is 19.3. The maximum atomic E-state index is 12.8. The molecule has 0 spiro atoms. The third-order valence-electron chi connectivity index (χ3n) is 5.67. The van der Waals surface area contributed by atoms with Gasteiger partial charge in [0.2, 0.25) is 0 Å².